The third-order valence-corrected chi connectivity index (χ3v) is 5.86. The van der Waals surface area contributed by atoms with Crippen molar-refractivity contribution >= 4 is 11.6 Å². The minimum Gasteiger partial charge on any atom is -0.382 e. The van der Waals surface area contributed by atoms with Gasteiger partial charge in [-0.1, -0.05) is 0 Å². The maximum Gasteiger partial charge on any atom is 0.168 e. The Bertz CT molecular complexity index is 740. The van der Waals surface area contributed by atoms with Gasteiger partial charge in [-0.3, -0.25) is 14.8 Å². The summed E-state index contributed by atoms with van der Waals surface area (Å²) in [6.07, 6.45) is 13.2. The van der Waals surface area contributed by atoms with Gasteiger partial charge in [-0.05, 0) is 51.4 Å². The highest BCUT2D eigenvalue weighted by atomic mass is 19.1. The Balaban J connectivity index is 1.22. The van der Waals surface area contributed by atoms with Crippen LogP contribution in [0.3, 0.4) is 0 Å². The third kappa shape index (κ3) is 4.73. The number of nitrogens with zero attached hydrogens (tertiary/aromatic N) is 4. The molecule has 2 aromatic rings. The van der Waals surface area contributed by atoms with E-state index in [0.29, 0.717) is 36.3 Å². The summed E-state index contributed by atoms with van der Waals surface area (Å²) >= 11 is 0. The van der Waals surface area contributed by atoms with Crippen LogP contribution in [0.4, 0.5) is 16.0 Å². The highest BCUT2D eigenvalue weighted by Crippen LogP contribution is 2.34. The Morgan fingerprint density at radius 1 is 0.786 bits per heavy atom. The number of rotatable bonds is 5. The molecule has 0 amide bonds. The molecule has 2 aromatic heterocycles. The van der Waals surface area contributed by atoms with E-state index in [1.54, 1.807) is 24.8 Å². The molecule has 7 nitrogen and oxygen atoms in total. The molecule has 0 atom stereocenters. The lowest BCUT2D eigenvalue weighted by molar-refractivity contribution is 0.0623. The quantitative estimate of drug-likeness (QED) is 0.752. The molecule has 2 aliphatic rings. The van der Waals surface area contributed by atoms with Gasteiger partial charge in [0.1, 0.15) is 12.0 Å². The summed E-state index contributed by atoms with van der Waals surface area (Å²) in [6, 6.07) is 0. The summed E-state index contributed by atoms with van der Waals surface area (Å²) in [7, 11) is 0. The molecule has 8 heteroatoms. The molecule has 0 spiro atoms. The number of nitrogen functional groups attached to an aromatic ring is 1. The number of alkyl halides is 1. The van der Waals surface area contributed by atoms with Crippen LogP contribution >= 0.6 is 0 Å². The number of aromatic nitrogens is 4. The van der Waals surface area contributed by atoms with Crippen molar-refractivity contribution < 1.29 is 9.23 Å². The minimum atomic E-state index is -0.652. The number of halogens is 1. The van der Waals surface area contributed by atoms with Gasteiger partial charge in [-0.2, -0.15) is 0 Å². The average Bonchev–Trinajstić information content (AvgIpc) is 2.74. The maximum atomic E-state index is 13.3. The van der Waals surface area contributed by atoms with Crippen LogP contribution in [0.15, 0.2) is 24.8 Å². The van der Waals surface area contributed by atoms with Crippen molar-refractivity contribution in [2.24, 2.45) is 0 Å². The normalized spacial score (nSPS) is 28.0. The number of nitrogens with one attached hydrogen (secondary N) is 1. The molecule has 2 fully saturated rings. The highest BCUT2D eigenvalue weighted by molar-refractivity contribution is 5.28. The van der Waals surface area contributed by atoms with Gasteiger partial charge in [-0.25, -0.2) is 19.8 Å². The molecular formula is C20H27FN6O. The van der Waals surface area contributed by atoms with Crippen molar-refractivity contribution in [1.29, 1.82) is 0 Å². The fraction of sp³-hybridized carbons (Fsp3) is 0.600. The average molecular weight is 386 g/mol. The topological polar surface area (TPSA) is 98.8 Å². The molecular weight excluding hydrogens is 359 g/mol. The van der Waals surface area contributed by atoms with Crippen LogP contribution in [0, 0.1) is 0 Å². The second-order valence-corrected chi connectivity index (χ2v) is 7.84. The molecule has 2 aliphatic carbocycles. The molecule has 0 bridgehead atoms. The van der Waals surface area contributed by atoms with E-state index in [-0.39, 0.29) is 6.10 Å². The summed E-state index contributed by atoms with van der Waals surface area (Å²) in [5, 5.41) is 0. The van der Waals surface area contributed by atoms with Crippen LogP contribution in [0.5, 0.6) is 0 Å². The Morgan fingerprint density at radius 3 is 1.96 bits per heavy atom. The largest absolute Gasteiger partial charge is 0.382 e. The van der Waals surface area contributed by atoms with Gasteiger partial charge >= 0.3 is 0 Å². The molecule has 150 valence electrons. The van der Waals surface area contributed by atoms with Gasteiger partial charge < -0.3 is 5.73 Å². The summed E-state index contributed by atoms with van der Waals surface area (Å²) in [5.41, 5.74) is 10.5. The summed E-state index contributed by atoms with van der Waals surface area (Å²) in [5.74, 6) is 1.79. The van der Waals surface area contributed by atoms with Crippen molar-refractivity contribution in [3.8, 4) is 0 Å². The molecule has 0 aliphatic heterocycles. The fourth-order valence-corrected chi connectivity index (χ4v) is 4.13. The van der Waals surface area contributed by atoms with Crippen LogP contribution < -0.4 is 11.2 Å². The van der Waals surface area contributed by atoms with Crippen molar-refractivity contribution in [3.63, 3.8) is 0 Å². The van der Waals surface area contributed by atoms with Gasteiger partial charge in [0.2, 0.25) is 0 Å². The smallest absolute Gasteiger partial charge is 0.168 e. The Kier molecular flexibility index (Phi) is 5.95. The van der Waals surface area contributed by atoms with E-state index >= 15 is 0 Å². The number of hydrogen-bond donors (Lipinski definition) is 2. The molecule has 3 N–H and O–H groups in total. The zero-order chi connectivity index (χ0) is 19.3. The van der Waals surface area contributed by atoms with Gasteiger partial charge in [-0.15, -0.1) is 0 Å². The first-order valence-corrected chi connectivity index (χ1v) is 10.1. The first kappa shape index (κ1) is 19.0. The number of nitrogens with two attached hydrogens (primary N) is 1. The predicted octanol–water partition coefficient (Wildman–Crippen LogP) is 3.91. The van der Waals surface area contributed by atoms with Crippen LogP contribution in [0.2, 0.25) is 0 Å². The summed E-state index contributed by atoms with van der Waals surface area (Å²) in [6.45, 7) is 0. The van der Waals surface area contributed by atoms with E-state index in [9.17, 15) is 4.39 Å². The third-order valence-electron chi connectivity index (χ3n) is 5.86. The van der Waals surface area contributed by atoms with Gasteiger partial charge in [0.25, 0.3) is 0 Å². The van der Waals surface area contributed by atoms with Crippen LogP contribution in [0.25, 0.3) is 0 Å². The van der Waals surface area contributed by atoms with E-state index in [0.717, 1.165) is 49.9 Å². The Hall–Kier alpha value is -2.35. The Labute approximate surface area is 164 Å². The monoisotopic (exact) mass is 386 g/mol. The SMILES string of the molecule is Nc1cnc([C@H]2CC[C@@H](ONc3cnc([C@H]4CC[C@@H](F)CC4)cn3)CC2)cn1. The summed E-state index contributed by atoms with van der Waals surface area (Å²) in [4.78, 5) is 23.2. The van der Waals surface area contributed by atoms with Gasteiger partial charge in [0, 0.05) is 11.8 Å². The van der Waals surface area contributed by atoms with E-state index in [2.05, 4.69) is 25.4 Å². The molecule has 0 radical (unpaired) electrons. The zero-order valence-corrected chi connectivity index (χ0v) is 15.9. The van der Waals surface area contributed by atoms with Crippen molar-refractivity contribution in [2.75, 3.05) is 11.2 Å². The minimum absolute atomic E-state index is 0.138. The second-order valence-electron chi connectivity index (χ2n) is 7.84. The van der Waals surface area contributed by atoms with Crippen LogP contribution in [-0.4, -0.2) is 32.2 Å². The molecule has 0 saturated heterocycles. The van der Waals surface area contributed by atoms with Gasteiger partial charge in [0.05, 0.1) is 42.3 Å². The van der Waals surface area contributed by atoms with E-state index in [1.807, 2.05) is 0 Å². The standard InChI is InChI=1S/C20H27FN6O/c21-15-5-1-13(2-6-15)18-10-26-20(12-24-18)27-28-16-7-3-14(4-8-16)17-9-25-19(22)11-23-17/h9-16H,1-8H2,(H2,22,25)(H,26,27)/t13-,14-,15+,16+. The predicted molar refractivity (Wildman–Crippen MR) is 104 cm³/mol. The van der Waals surface area contributed by atoms with Crippen LogP contribution in [-0.2, 0) is 4.84 Å². The van der Waals surface area contributed by atoms with Crippen molar-refractivity contribution in [3.05, 3.63) is 36.2 Å². The molecule has 0 aromatic carbocycles. The van der Waals surface area contributed by atoms with Gasteiger partial charge in [0.15, 0.2) is 5.82 Å². The van der Waals surface area contributed by atoms with E-state index in [1.165, 1.54) is 0 Å². The first-order valence-electron chi connectivity index (χ1n) is 10.1. The fourth-order valence-electron chi connectivity index (χ4n) is 4.13. The van der Waals surface area contributed by atoms with Crippen LogP contribution in [0.1, 0.15) is 74.6 Å². The molecule has 28 heavy (non-hydrogen) atoms. The molecule has 0 unspecified atom stereocenters. The molecule has 4 rings (SSSR count). The van der Waals surface area contributed by atoms with Crippen molar-refractivity contribution in [2.45, 2.75) is 75.5 Å². The lowest BCUT2D eigenvalue weighted by atomic mass is 9.85. The lowest BCUT2D eigenvalue weighted by Gasteiger charge is -2.27. The first-order chi connectivity index (χ1) is 13.7. The highest BCUT2D eigenvalue weighted by Gasteiger charge is 2.25. The number of anilines is 2. The second kappa shape index (κ2) is 8.77. The Morgan fingerprint density at radius 2 is 1.39 bits per heavy atom. The summed E-state index contributed by atoms with van der Waals surface area (Å²) < 4.78 is 13.3. The molecule has 2 heterocycles. The number of hydrogen-bond acceptors (Lipinski definition) is 7. The lowest BCUT2D eigenvalue weighted by Crippen LogP contribution is -2.24. The maximum absolute atomic E-state index is 13.3. The van der Waals surface area contributed by atoms with Crippen molar-refractivity contribution in [1.82, 2.24) is 19.9 Å². The van der Waals surface area contributed by atoms with E-state index < -0.39 is 6.17 Å². The molecule has 2 saturated carbocycles. The van der Waals surface area contributed by atoms with E-state index in [4.69, 9.17) is 10.6 Å². The zero-order valence-electron chi connectivity index (χ0n) is 15.9.